The quantitative estimate of drug-likeness (QED) is 0.445. The molecule has 0 fully saturated rings. The summed E-state index contributed by atoms with van der Waals surface area (Å²) in [5.74, 6) is 1.29. The summed E-state index contributed by atoms with van der Waals surface area (Å²) >= 11 is 0. The minimum atomic E-state index is 0.114. The number of methoxy groups -OCH3 is 1. The topological polar surface area (TPSA) is 86.8 Å². The van der Waals surface area contributed by atoms with Crippen molar-refractivity contribution in [1.82, 2.24) is 20.2 Å². The molecule has 6 nitrogen and oxygen atoms in total. The molecule has 3 N–H and O–H groups in total. The molecule has 0 saturated heterocycles. The Morgan fingerprint density at radius 1 is 0.963 bits per heavy atom. The van der Waals surface area contributed by atoms with Gasteiger partial charge in [0, 0.05) is 10.9 Å². The first-order valence-corrected chi connectivity index (χ1v) is 8.54. The zero-order chi connectivity index (χ0) is 18.4. The van der Waals surface area contributed by atoms with Crippen LogP contribution in [0.4, 0.5) is 0 Å². The van der Waals surface area contributed by atoms with Crippen LogP contribution in [0.1, 0.15) is 0 Å². The van der Waals surface area contributed by atoms with E-state index in [1.54, 1.807) is 19.2 Å². The number of aromatic nitrogens is 4. The average molecular weight is 356 g/mol. The Morgan fingerprint density at radius 2 is 1.85 bits per heavy atom. The lowest BCUT2D eigenvalue weighted by Gasteiger charge is -2.10. The maximum atomic E-state index is 10.0. The molecule has 3 aromatic carbocycles. The monoisotopic (exact) mass is 356 g/mol. The molecule has 0 saturated carbocycles. The van der Waals surface area contributed by atoms with Crippen LogP contribution >= 0.6 is 0 Å². The van der Waals surface area contributed by atoms with Gasteiger partial charge in [0.1, 0.15) is 5.69 Å². The van der Waals surface area contributed by atoms with E-state index < -0.39 is 0 Å². The Morgan fingerprint density at radius 3 is 2.70 bits per heavy atom. The first kappa shape index (κ1) is 15.5. The summed E-state index contributed by atoms with van der Waals surface area (Å²) in [5, 5.41) is 18.5. The summed E-state index contributed by atoms with van der Waals surface area (Å²) in [7, 11) is 1.55. The van der Waals surface area contributed by atoms with Gasteiger partial charge in [-0.2, -0.15) is 5.10 Å². The number of imidazole rings is 1. The summed E-state index contributed by atoms with van der Waals surface area (Å²) in [5.41, 5.74) is 5.29. The molecule has 0 aliphatic rings. The molecule has 0 aliphatic carbocycles. The lowest BCUT2D eigenvalue weighted by atomic mass is 10.0. The van der Waals surface area contributed by atoms with E-state index >= 15 is 0 Å². The van der Waals surface area contributed by atoms with Crippen LogP contribution in [0.3, 0.4) is 0 Å². The third-order valence-corrected chi connectivity index (χ3v) is 4.69. The molecule has 0 atom stereocenters. The Labute approximate surface area is 154 Å². The largest absolute Gasteiger partial charge is 0.504 e. The van der Waals surface area contributed by atoms with E-state index in [2.05, 4.69) is 20.2 Å². The zero-order valence-corrected chi connectivity index (χ0v) is 14.5. The number of phenols is 1. The second-order valence-corrected chi connectivity index (χ2v) is 6.29. The number of H-pyrrole nitrogens is 2. The van der Waals surface area contributed by atoms with Crippen molar-refractivity contribution in [3.8, 4) is 34.1 Å². The summed E-state index contributed by atoms with van der Waals surface area (Å²) in [4.78, 5) is 7.95. The predicted octanol–water partition coefficient (Wildman–Crippen LogP) is 4.49. The summed E-state index contributed by atoms with van der Waals surface area (Å²) in [6.45, 7) is 0. The smallest absolute Gasteiger partial charge is 0.168 e. The van der Waals surface area contributed by atoms with Gasteiger partial charge in [-0.05, 0) is 35.9 Å². The fourth-order valence-corrected chi connectivity index (χ4v) is 3.40. The molecule has 5 aromatic rings. The van der Waals surface area contributed by atoms with Crippen molar-refractivity contribution < 1.29 is 9.84 Å². The molecule has 0 radical (unpaired) electrons. The minimum Gasteiger partial charge on any atom is -0.504 e. The Bertz CT molecular complexity index is 1250. The molecular weight excluding hydrogens is 340 g/mol. The Kier molecular flexibility index (Phi) is 3.36. The van der Waals surface area contributed by atoms with Crippen LogP contribution in [0.5, 0.6) is 11.5 Å². The number of rotatable bonds is 3. The van der Waals surface area contributed by atoms with Crippen molar-refractivity contribution in [2.24, 2.45) is 0 Å². The fourth-order valence-electron chi connectivity index (χ4n) is 3.40. The number of aromatic hydroxyl groups is 1. The lowest BCUT2D eigenvalue weighted by Crippen LogP contribution is -1.88. The molecule has 0 amide bonds. The Balaban J connectivity index is 1.64. The number of para-hydroxylation sites is 3. The standard InChI is InChI=1S/C21H16N4O2/c1-27-20-13(5-4-8-18(20)26)12-9-10-14-17(11-12)24-25-19(14)21-22-15-6-2-3-7-16(15)23-21/h2-11,26H,1H3,(H,22,23)(H,24,25). The van der Waals surface area contributed by atoms with Crippen molar-refractivity contribution in [3.05, 3.63) is 60.7 Å². The van der Waals surface area contributed by atoms with E-state index in [-0.39, 0.29) is 5.75 Å². The highest BCUT2D eigenvalue weighted by molar-refractivity contribution is 5.95. The molecule has 2 aromatic heterocycles. The number of nitrogens with zero attached hydrogens (tertiary/aromatic N) is 2. The van der Waals surface area contributed by atoms with Gasteiger partial charge >= 0.3 is 0 Å². The van der Waals surface area contributed by atoms with Crippen LogP contribution in [-0.4, -0.2) is 32.4 Å². The van der Waals surface area contributed by atoms with E-state index in [0.29, 0.717) is 5.75 Å². The molecule has 2 heterocycles. The first-order chi connectivity index (χ1) is 13.2. The third kappa shape index (κ3) is 2.42. The third-order valence-electron chi connectivity index (χ3n) is 4.69. The van der Waals surface area contributed by atoms with E-state index in [1.165, 1.54) is 0 Å². The van der Waals surface area contributed by atoms with Gasteiger partial charge in [0.2, 0.25) is 0 Å². The molecule has 132 valence electrons. The van der Waals surface area contributed by atoms with E-state index in [4.69, 9.17) is 4.74 Å². The SMILES string of the molecule is COc1c(O)cccc1-c1ccc2c(-c3nc4ccccc4[nH]3)n[nH]c2c1. The number of hydrogen-bond acceptors (Lipinski definition) is 4. The minimum absolute atomic E-state index is 0.114. The number of ether oxygens (including phenoxy) is 1. The molecule has 6 heteroatoms. The number of benzene rings is 3. The Hall–Kier alpha value is -3.80. The molecule has 0 unspecified atom stereocenters. The number of fused-ring (bicyclic) bond motifs is 2. The van der Waals surface area contributed by atoms with E-state index in [0.717, 1.165) is 44.6 Å². The van der Waals surface area contributed by atoms with Gasteiger partial charge in [-0.25, -0.2) is 4.98 Å². The molecular formula is C21H16N4O2. The molecule has 0 aliphatic heterocycles. The number of hydrogen-bond donors (Lipinski definition) is 3. The number of phenolic OH excluding ortho intramolecular Hbond substituents is 1. The van der Waals surface area contributed by atoms with Gasteiger partial charge in [-0.1, -0.05) is 30.3 Å². The van der Waals surface area contributed by atoms with Gasteiger partial charge in [0.25, 0.3) is 0 Å². The molecule has 27 heavy (non-hydrogen) atoms. The van der Waals surface area contributed by atoms with Crippen LogP contribution in [0.15, 0.2) is 60.7 Å². The van der Waals surface area contributed by atoms with E-state index in [1.807, 2.05) is 48.5 Å². The highest BCUT2D eigenvalue weighted by Gasteiger charge is 2.15. The second-order valence-electron chi connectivity index (χ2n) is 6.29. The van der Waals surface area contributed by atoms with Gasteiger partial charge in [-0.3, -0.25) is 5.10 Å². The van der Waals surface area contributed by atoms with Crippen LogP contribution in [0.2, 0.25) is 0 Å². The highest BCUT2D eigenvalue weighted by Crippen LogP contribution is 2.38. The zero-order valence-electron chi connectivity index (χ0n) is 14.5. The van der Waals surface area contributed by atoms with Crippen molar-refractivity contribution in [3.63, 3.8) is 0 Å². The average Bonchev–Trinajstić information content (AvgIpc) is 3.30. The molecule has 5 rings (SSSR count). The number of nitrogens with one attached hydrogen (secondary N) is 2. The van der Waals surface area contributed by atoms with Crippen molar-refractivity contribution in [1.29, 1.82) is 0 Å². The van der Waals surface area contributed by atoms with Crippen LogP contribution in [0, 0.1) is 0 Å². The van der Waals surface area contributed by atoms with Crippen molar-refractivity contribution in [2.45, 2.75) is 0 Å². The van der Waals surface area contributed by atoms with Crippen LogP contribution < -0.4 is 4.74 Å². The highest BCUT2D eigenvalue weighted by atomic mass is 16.5. The predicted molar refractivity (Wildman–Crippen MR) is 105 cm³/mol. The van der Waals surface area contributed by atoms with Crippen molar-refractivity contribution >= 4 is 21.9 Å². The van der Waals surface area contributed by atoms with Gasteiger partial charge in [0.05, 0.1) is 23.7 Å². The van der Waals surface area contributed by atoms with E-state index in [9.17, 15) is 5.11 Å². The van der Waals surface area contributed by atoms with Crippen molar-refractivity contribution in [2.75, 3.05) is 7.11 Å². The van der Waals surface area contributed by atoms with Crippen LogP contribution in [0.25, 0.3) is 44.6 Å². The summed E-state index contributed by atoms with van der Waals surface area (Å²) in [6.07, 6.45) is 0. The van der Waals surface area contributed by atoms with Gasteiger partial charge in [-0.15, -0.1) is 0 Å². The van der Waals surface area contributed by atoms with Gasteiger partial charge < -0.3 is 14.8 Å². The fraction of sp³-hybridized carbons (Fsp3) is 0.0476. The maximum absolute atomic E-state index is 10.0. The molecule has 0 bridgehead atoms. The maximum Gasteiger partial charge on any atom is 0.168 e. The summed E-state index contributed by atoms with van der Waals surface area (Å²) in [6, 6.07) is 19.2. The normalized spacial score (nSPS) is 11.3. The lowest BCUT2D eigenvalue weighted by molar-refractivity contribution is 0.375. The van der Waals surface area contributed by atoms with Crippen LogP contribution in [-0.2, 0) is 0 Å². The number of aromatic amines is 2. The molecule has 0 spiro atoms. The summed E-state index contributed by atoms with van der Waals surface area (Å²) < 4.78 is 5.36. The van der Waals surface area contributed by atoms with Gasteiger partial charge in [0.15, 0.2) is 17.3 Å². The second kappa shape index (κ2) is 5.88. The first-order valence-electron chi connectivity index (χ1n) is 8.54.